The van der Waals surface area contributed by atoms with Crippen molar-refractivity contribution in [3.05, 3.63) is 76.4 Å². The standard InChI is InChI=1S/C42H50F3N13O8/c1-52(18-28-27(19-56(5)51-28)48-38(63)29-23-66-40(49-29)26-14-15-46-32(17-26)47-24-42(43,44)45)20-34(60)54(3)22-36(62)55(4)21-35(61)53(2)16-8-10-25-9-7-11-30-37(25)57(6)41(65)58(30)31-12-13-33(59)50-39(31)64/h7,9,11,14-15,17,19,23,31H,8,10,12-13,16,18,20-22,24H2,1-6H3,(H,46,47)(H,48,63)(H,50,59,64). The number of likely N-dealkylation sites (N-methyl/N-ethyl adjacent to an activating group) is 4. The van der Waals surface area contributed by atoms with Crippen LogP contribution in [0, 0.1) is 0 Å². The van der Waals surface area contributed by atoms with Gasteiger partial charge in [0, 0.05) is 72.7 Å². The Hall–Kier alpha value is -7.37. The third kappa shape index (κ3) is 11.7. The Morgan fingerprint density at radius 1 is 0.955 bits per heavy atom. The molecular formula is C42H50F3N13O8. The summed E-state index contributed by atoms with van der Waals surface area (Å²) in [5.41, 5.74) is 2.62. The van der Waals surface area contributed by atoms with E-state index in [1.165, 1.54) is 60.9 Å². The molecule has 6 amide bonds. The minimum atomic E-state index is -4.45. The summed E-state index contributed by atoms with van der Waals surface area (Å²) in [5, 5.41) is 11.6. The van der Waals surface area contributed by atoms with E-state index in [0.29, 0.717) is 41.8 Å². The molecule has 1 aliphatic rings. The molecule has 5 heterocycles. The van der Waals surface area contributed by atoms with Gasteiger partial charge in [0.25, 0.3) is 5.91 Å². The highest BCUT2D eigenvalue weighted by molar-refractivity contribution is 6.03. The fourth-order valence-electron chi connectivity index (χ4n) is 7.37. The van der Waals surface area contributed by atoms with Crippen LogP contribution in [0.15, 0.2) is 58.2 Å². The van der Waals surface area contributed by atoms with Gasteiger partial charge < -0.3 is 29.8 Å². The van der Waals surface area contributed by atoms with Crippen LogP contribution in [0.4, 0.5) is 24.7 Å². The lowest BCUT2D eigenvalue weighted by Gasteiger charge is -2.25. The quantitative estimate of drug-likeness (QED) is 0.107. The Morgan fingerprint density at radius 2 is 1.65 bits per heavy atom. The van der Waals surface area contributed by atoms with Crippen LogP contribution in [0.5, 0.6) is 0 Å². The van der Waals surface area contributed by atoms with Gasteiger partial charge in [-0.25, -0.2) is 14.8 Å². The summed E-state index contributed by atoms with van der Waals surface area (Å²) in [7, 11) is 9.49. The molecule has 0 spiro atoms. The number of anilines is 2. The monoisotopic (exact) mass is 921 g/mol. The van der Waals surface area contributed by atoms with Gasteiger partial charge in [-0.3, -0.25) is 52.8 Å². The number of rotatable bonds is 18. The molecule has 66 heavy (non-hydrogen) atoms. The molecule has 1 aromatic carbocycles. The number of amides is 6. The molecule has 21 nitrogen and oxygen atoms in total. The van der Waals surface area contributed by atoms with Crippen LogP contribution in [-0.4, -0.2) is 151 Å². The average molecular weight is 922 g/mol. The second-order valence-corrected chi connectivity index (χ2v) is 16.1. The van der Waals surface area contributed by atoms with E-state index in [9.17, 15) is 46.7 Å². The Balaban J connectivity index is 0.952. The fourth-order valence-corrected chi connectivity index (χ4v) is 7.37. The highest BCUT2D eigenvalue weighted by atomic mass is 19.4. The molecule has 0 saturated carbocycles. The number of nitrogens with zero attached hydrogens (tertiary/aromatic N) is 10. The molecule has 4 aromatic heterocycles. The third-order valence-corrected chi connectivity index (χ3v) is 10.9. The van der Waals surface area contributed by atoms with Crippen molar-refractivity contribution in [2.75, 3.05) is 71.5 Å². The lowest BCUT2D eigenvalue weighted by Crippen LogP contribution is -2.45. The van der Waals surface area contributed by atoms with Gasteiger partial charge in [-0.15, -0.1) is 0 Å². The predicted molar refractivity (Wildman–Crippen MR) is 232 cm³/mol. The molecule has 24 heteroatoms. The second kappa shape index (κ2) is 20.2. The Morgan fingerprint density at radius 3 is 2.35 bits per heavy atom. The van der Waals surface area contributed by atoms with E-state index in [1.54, 1.807) is 51.4 Å². The second-order valence-electron chi connectivity index (χ2n) is 16.1. The molecule has 5 aromatic rings. The number of nitrogens with one attached hydrogen (secondary N) is 3. The summed E-state index contributed by atoms with van der Waals surface area (Å²) < 4.78 is 47.7. The number of hydrogen-bond acceptors (Lipinski definition) is 13. The summed E-state index contributed by atoms with van der Waals surface area (Å²) in [6.07, 6.45) is 0.869. The number of imide groups is 1. The number of hydrogen-bond donors (Lipinski definition) is 3. The van der Waals surface area contributed by atoms with Gasteiger partial charge >= 0.3 is 11.9 Å². The van der Waals surface area contributed by atoms with E-state index in [-0.39, 0.29) is 79.5 Å². The van der Waals surface area contributed by atoms with Crippen LogP contribution in [0.3, 0.4) is 0 Å². The van der Waals surface area contributed by atoms with Crippen LogP contribution in [0.2, 0.25) is 0 Å². The topological polar surface area (TPSA) is 235 Å². The number of aryl methyl sites for hydroxylation is 3. The smallest absolute Gasteiger partial charge is 0.405 e. The molecule has 0 radical (unpaired) electrons. The van der Waals surface area contributed by atoms with Crippen molar-refractivity contribution in [1.29, 1.82) is 0 Å². The van der Waals surface area contributed by atoms with Crippen LogP contribution >= 0.6 is 0 Å². The van der Waals surface area contributed by atoms with E-state index in [1.807, 2.05) is 6.07 Å². The molecule has 1 unspecified atom stereocenters. The van der Waals surface area contributed by atoms with Crippen molar-refractivity contribution >= 4 is 58.0 Å². The highest BCUT2D eigenvalue weighted by Gasteiger charge is 2.32. The number of benzene rings is 1. The normalized spacial score (nSPS) is 14.1. The fraction of sp³-hybridized carbons (Fsp3) is 0.429. The maximum Gasteiger partial charge on any atom is 0.405 e. The minimum Gasteiger partial charge on any atom is -0.444 e. The molecule has 352 valence electrons. The zero-order valence-corrected chi connectivity index (χ0v) is 37.1. The third-order valence-electron chi connectivity index (χ3n) is 10.9. The number of imidazole rings is 1. The van der Waals surface area contributed by atoms with Crippen molar-refractivity contribution in [1.82, 2.24) is 53.8 Å². The van der Waals surface area contributed by atoms with Gasteiger partial charge in [0.05, 0.1) is 42.0 Å². The SMILES string of the molecule is CN(CC(=O)N(C)CC(=O)N(C)CC(=O)N(C)CCCc1cccc2c1n(C)c(=O)n2C1CCC(=O)NC1=O)Cc1nn(C)cc1NC(=O)c1coc(-c2ccnc(NCC(F)(F)F)c2)n1. The van der Waals surface area contributed by atoms with Crippen LogP contribution in [0.25, 0.3) is 22.5 Å². The molecule has 6 rings (SSSR count). The van der Waals surface area contributed by atoms with E-state index < -0.39 is 42.4 Å². The summed E-state index contributed by atoms with van der Waals surface area (Å²) >= 11 is 0. The number of para-hydroxylation sites is 1. The van der Waals surface area contributed by atoms with Gasteiger partial charge in [0.2, 0.25) is 35.4 Å². The highest BCUT2D eigenvalue weighted by Crippen LogP contribution is 2.27. The van der Waals surface area contributed by atoms with Crippen molar-refractivity contribution in [2.45, 2.75) is 44.4 Å². The molecule has 1 atom stereocenters. The molecule has 3 N–H and O–H groups in total. The lowest BCUT2D eigenvalue weighted by molar-refractivity contribution is -0.142. The number of carbonyl (C=O) groups excluding carboxylic acids is 6. The predicted octanol–water partition coefficient (Wildman–Crippen LogP) is 1.77. The van der Waals surface area contributed by atoms with Gasteiger partial charge in [-0.2, -0.15) is 18.3 Å². The summed E-state index contributed by atoms with van der Waals surface area (Å²) in [4.78, 5) is 104. The van der Waals surface area contributed by atoms with Crippen LogP contribution < -0.4 is 21.6 Å². The van der Waals surface area contributed by atoms with Gasteiger partial charge in [0.15, 0.2) is 5.69 Å². The van der Waals surface area contributed by atoms with Crippen molar-refractivity contribution in [3.8, 4) is 11.5 Å². The maximum atomic E-state index is 13.3. The van der Waals surface area contributed by atoms with Gasteiger partial charge in [0.1, 0.15) is 24.7 Å². The number of oxazole rings is 1. The lowest BCUT2D eigenvalue weighted by atomic mass is 10.0. The van der Waals surface area contributed by atoms with E-state index in [4.69, 9.17) is 4.42 Å². The first-order valence-corrected chi connectivity index (χ1v) is 20.7. The zero-order valence-electron chi connectivity index (χ0n) is 37.1. The number of carbonyl (C=O) groups is 6. The number of halogens is 3. The van der Waals surface area contributed by atoms with Crippen molar-refractivity contribution < 1.29 is 46.4 Å². The first-order valence-electron chi connectivity index (χ1n) is 20.7. The molecule has 1 saturated heterocycles. The van der Waals surface area contributed by atoms with Crippen molar-refractivity contribution in [2.24, 2.45) is 14.1 Å². The first kappa shape index (κ1) is 48.1. The summed E-state index contributed by atoms with van der Waals surface area (Å²) in [6, 6.07) is 7.40. The number of fused-ring (bicyclic) bond motifs is 1. The van der Waals surface area contributed by atoms with Crippen LogP contribution in [0.1, 0.15) is 47.1 Å². The molecular weight excluding hydrogens is 872 g/mol. The van der Waals surface area contributed by atoms with E-state index >= 15 is 0 Å². The van der Waals surface area contributed by atoms with E-state index in [2.05, 4.69) is 31.0 Å². The van der Waals surface area contributed by atoms with Gasteiger partial charge in [-0.05, 0) is 50.1 Å². The van der Waals surface area contributed by atoms with Gasteiger partial charge in [-0.1, -0.05) is 12.1 Å². The largest absolute Gasteiger partial charge is 0.444 e. The Bertz CT molecular complexity index is 2710. The van der Waals surface area contributed by atoms with Crippen LogP contribution in [-0.2, 0) is 51.0 Å². The summed E-state index contributed by atoms with van der Waals surface area (Å²) in [6.45, 7) is -1.48. The Labute approximate surface area is 375 Å². The Kier molecular flexibility index (Phi) is 14.7. The number of alkyl halides is 3. The van der Waals surface area contributed by atoms with Crippen molar-refractivity contribution in [3.63, 3.8) is 0 Å². The molecule has 1 fully saturated rings. The molecule has 0 aliphatic carbocycles. The maximum absolute atomic E-state index is 13.3. The first-order chi connectivity index (χ1) is 31.2. The van der Waals surface area contributed by atoms with E-state index in [0.717, 1.165) is 11.8 Å². The minimum absolute atomic E-state index is 0.0216. The number of piperidine rings is 1. The summed E-state index contributed by atoms with van der Waals surface area (Å²) in [5.74, 6) is -2.81. The number of pyridine rings is 1. The zero-order chi connectivity index (χ0) is 48.0. The molecule has 0 bridgehead atoms. The number of aromatic nitrogens is 6. The molecule has 1 aliphatic heterocycles. The average Bonchev–Trinajstić information content (AvgIpc) is 3.95.